The van der Waals surface area contributed by atoms with Crippen molar-refractivity contribution in [1.82, 2.24) is 30.5 Å². The number of carbonyl (C=O) groups excluding carboxylic acids is 3. The van der Waals surface area contributed by atoms with E-state index in [-0.39, 0.29) is 24.3 Å². The Hall–Kier alpha value is -3.81. The number of aromatic nitrogens is 3. The number of carbonyl (C=O) groups is 4. The number of amides is 3. The molecule has 4 rings (SSSR count). The number of likely N-dealkylation sites (N-methyl/N-ethyl adjacent to an activating group) is 1. The van der Waals surface area contributed by atoms with Crippen LogP contribution in [0.4, 0.5) is 13.2 Å². The van der Waals surface area contributed by atoms with Crippen molar-refractivity contribution in [3.05, 3.63) is 41.2 Å². The van der Waals surface area contributed by atoms with Gasteiger partial charge in [-0.2, -0.15) is 13.2 Å². The van der Waals surface area contributed by atoms with Gasteiger partial charge in [-0.15, -0.1) is 5.10 Å². The van der Waals surface area contributed by atoms with Gasteiger partial charge in [0.25, 0.3) is 5.91 Å². The maximum Gasteiger partial charge on any atom is 0.490 e. The van der Waals surface area contributed by atoms with E-state index in [9.17, 15) is 27.6 Å². The van der Waals surface area contributed by atoms with Crippen molar-refractivity contribution in [2.45, 2.75) is 51.0 Å². The molecule has 0 bridgehead atoms. The average Bonchev–Trinajstić information content (AvgIpc) is 3.38. The fourth-order valence-corrected chi connectivity index (χ4v) is 3.62. The zero-order chi connectivity index (χ0) is 25.9. The highest BCUT2D eigenvalue weighted by Gasteiger charge is 2.39. The number of rotatable bonds is 5. The van der Waals surface area contributed by atoms with Gasteiger partial charge in [0, 0.05) is 31.0 Å². The zero-order valence-electron chi connectivity index (χ0n) is 18.8. The molecule has 35 heavy (non-hydrogen) atoms. The molecule has 0 aliphatic carbocycles. The van der Waals surface area contributed by atoms with Crippen molar-refractivity contribution in [1.29, 1.82) is 0 Å². The molecule has 1 fully saturated rings. The van der Waals surface area contributed by atoms with Crippen molar-refractivity contribution in [3.63, 3.8) is 0 Å². The van der Waals surface area contributed by atoms with Crippen LogP contribution < -0.4 is 10.6 Å². The van der Waals surface area contributed by atoms with Crippen LogP contribution in [0.3, 0.4) is 0 Å². The summed E-state index contributed by atoms with van der Waals surface area (Å²) in [6.07, 6.45) is -1.88. The third-order valence-corrected chi connectivity index (χ3v) is 5.57. The molecule has 0 saturated carbocycles. The molecule has 2 unspecified atom stereocenters. The second kappa shape index (κ2) is 10.2. The summed E-state index contributed by atoms with van der Waals surface area (Å²) in [5.74, 6) is -3.65. The van der Waals surface area contributed by atoms with Crippen molar-refractivity contribution in [3.8, 4) is 5.69 Å². The van der Waals surface area contributed by atoms with E-state index in [1.807, 2.05) is 25.4 Å². The van der Waals surface area contributed by atoms with Crippen LogP contribution in [-0.4, -0.2) is 74.0 Å². The number of nitrogens with zero attached hydrogens (tertiary/aromatic N) is 4. The van der Waals surface area contributed by atoms with Gasteiger partial charge in [-0.25, -0.2) is 9.48 Å². The zero-order valence-corrected chi connectivity index (χ0v) is 18.8. The number of benzene rings is 1. The molecule has 1 saturated heterocycles. The lowest BCUT2D eigenvalue weighted by Crippen LogP contribution is -2.52. The lowest BCUT2D eigenvalue weighted by molar-refractivity contribution is -0.192. The third-order valence-electron chi connectivity index (χ3n) is 5.57. The molecule has 1 aromatic carbocycles. The molecule has 3 heterocycles. The van der Waals surface area contributed by atoms with Crippen molar-refractivity contribution in [2.24, 2.45) is 0 Å². The molecule has 2 atom stereocenters. The summed E-state index contributed by atoms with van der Waals surface area (Å²) in [4.78, 5) is 46.8. The lowest BCUT2D eigenvalue weighted by Gasteiger charge is -2.29. The predicted molar refractivity (Wildman–Crippen MR) is 113 cm³/mol. The van der Waals surface area contributed by atoms with Gasteiger partial charge in [0.05, 0.1) is 17.6 Å². The predicted octanol–water partition coefficient (Wildman–Crippen LogP) is 0.812. The van der Waals surface area contributed by atoms with Gasteiger partial charge >= 0.3 is 12.1 Å². The highest BCUT2D eigenvalue weighted by Crippen LogP contribution is 2.29. The van der Waals surface area contributed by atoms with Crippen LogP contribution in [0.2, 0.25) is 0 Å². The Labute approximate surface area is 197 Å². The maximum atomic E-state index is 12.9. The molecule has 2 aliphatic heterocycles. The minimum absolute atomic E-state index is 0.199. The summed E-state index contributed by atoms with van der Waals surface area (Å²) < 4.78 is 33.4. The summed E-state index contributed by atoms with van der Waals surface area (Å²) in [5.41, 5.74) is 3.03. The van der Waals surface area contributed by atoms with E-state index in [1.54, 1.807) is 10.7 Å². The summed E-state index contributed by atoms with van der Waals surface area (Å²) in [5, 5.41) is 21.0. The fraction of sp³-hybridized carbons (Fsp3) is 0.429. The Kier molecular flexibility index (Phi) is 7.53. The van der Waals surface area contributed by atoms with Crippen LogP contribution in [0.5, 0.6) is 0 Å². The first-order valence-electron chi connectivity index (χ1n) is 10.6. The minimum Gasteiger partial charge on any atom is -0.475 e. The Morgan fingerprint density at radius 1 is 1.31 bits per heavy atom. The Morgan fingerprint density at radius 2 is 2.00 bits per heavy atom. The lowest BCUT2D eigenvalue weighted by atomic mass is 10.0. The van der Waals surface area contributed by atoms with E-state index in [4.69, 9.17) is 9.90 Å². The van der Waals surface area contributed by atoms with Crippen molar-refractivity contribution >= 4 is 23.7 Å². The second-order valence-electron chi connectivity index (χ2n) is 8.09. The van der Waals surface area contributed by atoms with Gasteiger partial charge in [-0.05, 0) is 38.1 Å². The van der Waals surface area contributed by atoms with Crippen LogP contribution in [-0.2, 0) is 27.3 Å². The summed E-state index contributed by atoms with van der Waals surface area (Å²) in [6, 6.07) is 5.23. The number of alkyl halides is 3. The van der Waals surface area contributed by atoms with Gasteiger partial charge in [-0.1, -0.05) is 11.3 Å². The Morgan fingerprint density at radius 3 is 2.60 bits per heavy atom. The van der Waals surface area contributed by atoms with Gasteiger partial charge < -0.3 is 15.3 Å². The van der Waals surface area contributed by atoms with E-state index in [1.165, 1.54) is 4.90 Å². The number of hydrogen-bond donors (Lipinski definition) is 3. The van der Waals surface area contributed by atoms with Crippen LogP contribution in [0.1, 0.15) is 41.4 Å². The van der Waals surface area contributed by atoms with Crippen LogP contribution in [0, 0.1) is 0 Å². The minimum atomic E-state index is -5.08. The number of fused-ring (bicyclic) bond motifs is 1. The quantitative estimate of drug-likeness (QED) is 0.516. The molecule has 188 valence electrons. The topological polar surface area (TPSA) is 147 Å². The summed E-state index contributed by atoms with van der Waals surface area (Å²) >= 11 is 0. The van der Waals surface area contributed by atoms with E-state index < -0.39 is 24.1 Å². The van der Waals surface area contributed by atoms with Crippen molar-refractivity contribution in [2.75, 3.05) is 7.05 Å². The maximum absolute atomic E-state index is 12.9. The van der Waals surface area contributed by atoms with Crippen LogP contribution in [0.25, 0.3) is 5.69 Å². The SMILES string of the molecule is CNC(C)Cc1cn(-c2ccc3c(c2)C(=O)N(C2CCC(=O)NC2=O)C3)nn1.O=C(O)C(F)(F)F. The van der Waals surface area contributed by atoms with E-state index in [2.05, 4.69) is 27.9 Å². The number of halogens is 3. The summed E-state index contributed by atoms with van der Waals surface area (Å²) in [7, 11) is 1.90. The highest BCUT2D eigenvalue weighted by atomic mass is 19.4. The highest BCUT2D eigenvalue weighted by molar-refractivity contribution is 6.05. The molecule has 3 amide bonds. The smallest absolute Gasteiger partial charge is 0.475 e. The van der Waals surface area contributed by atoms with Gasteiger partial charge in [0.15, 0.2) is 0 Å². The number of piperidine rings is 1. The Balaban J connectivity index is 0.000000429. The molecular formula is C21H23F3N6O5. The molecular weight excluding hydrogens is 473 g/mol. The molecule has 1 aromatic heterocycles. The van der Waals surface area contributed by atoms with E-state index in [0.29, 0.717) is 18.5 Å². The number of aliphatic carboxylic acids is 1. The molecule has 0 spiro atoms. The normalized spacial score (nSPS) is 18.5. The molecule has 11 nitrogen and oxygen atoms in total. The number of hydrogen-bond acceptors (Lipinski definition) is 7. The van der Waals surface area contributed by atoms with Crippen LogP contribution >= 0.6 is 0 Å². The first kappa shape index (κ1) is 25.8. The summed E-state index contributed by atoms with van der Waals surface area (Å²) in [6.45, 7) is 2.43. The average molecular weight is 496 g/mol. The molecule has 0 radical (unpaired) electrons. The van der Waals surface area contributed by atoms with Gasteiger partial charge in [-0.3, -0.25) is 19.7 Å². The number of carboxylic acids is 1. The monoisotopic (exact) mass is 496 g/mol. The molecule has 14 heteroatoms. The van der Waals surface area contributed by atoms with E-state index in [0.717, 1.165) is 23.4 Å². The second-order valence-corrected chi connectivity index (χ2v) is 8.09. The molecule has 2 aromatic rings. The Bertz CT molecular complexity index is 1150. The molecule has 2 aliphatic rings. The molecule has 3 N–H and O–H groups in total. The number of imide groups is 1. The standard InChI is InChI=1S/C19H22N6O3.C2HF3O2/c1-11(20-2)7-13-10-25(23-22-13)14-4-3-12-9-24(19(28)15(12)8-14)16-5-6-17(26)21-18(16)27;3-2(4,5)1(6)7/h3-4,8,10-11,16,20H,5-7,9H2,1-2H3,(H,21,26,27);(H,6,7). The largest absolute Gasteiger partial charge is 0.490 e. The van der Waals surface area contributed by atoms with E-state index >= 15 is 0 Å². The third kappa shape index (κ3) is 6.01. The van der Waals surface area contributed by atoms with Gasteiger partial charge in [0.1, 0.15) is 6.04 Å². The number of nitrogens with one attached hydrogen (secondary N) is 2. The first-order valence-corrected chi connectivity index (χ1v) is 10.6. The fourth-order valence-electron chi connectivity index (χ4n) is 3.62. The number of carboxylic acid groups (broad SMARTS) is 1. The van der Waals surface area contributed by atoms with Crippen molar-refractivity contribution < 1.29 is 37.5 Å². The van der Waals surface area contributed by atoms with Crippen LogP contribution in [0.15, 0.2) is 24.4 Å². The van der Waals surface area contributed by atoms with Gasteiger partial charge in [0.2, 0.25) is 11.8 Å². The first-order chi connectivity index (χ1) is 16.4.